The smallest absolute Gasteiger partial charge is 0.277 e. The number of nitrogens with zero attached hydrogens (tertiary/aromatic N) is 2. The number of fused-ring (bicyclic) bond motifs is 1. The highest BCUT2D eigenvalue weighted by Gasteiger charge is 2.23. The van der Waals surface area contributed by atoms with E-state index in [1.807, 2.05) is 28.5 Å². The van der Waals surface area contributed by atoms with Crippen LogP contribution < -0.4 is 4.90 Å². The molecule has 3 rings (SSSR count). The number of amides is 1. The van der Waals surface area contributed by atoms with Crippen LogP contribution in [-0.4, -0.2) is 24.5 Å². The Balaban J connectivity index is 1.89. The van der Waals surface area contributed by atoms with Crippen LogP contribution in [0.4, 0.5) is 5.69 Å². The number of methoxy groups -OCH3 is 1. The van der Waals surface area contributed by atoms with Crippen molar-refractivity contribution in [2.45, 2.75) is 25.9 Å². The van der Waals surface area contributed by atoms with Gasteiger partial charge in [0.25, 0.3) is 5.91 Å². The average Bonchev–Trinajstić information content (AvgIpc) is 2.86. The summed E-state index contributed by atoms with van der Waals surface area (Å²) in [6.45, 7) is 1.21. The van der Waals surface area contributed by atoms with Crippen LogP contribution in [0.3, 0.4) is 0 Å². The number of anilines is 1. The summed E-state index contributed by atoms with van der Waals surface area (Å²) in [6, 6.07) is 8.16. The van der Waals surface area contributed by atoms with Gasteiger partial charge in [0.15, 0.2) is 0 Å². The molecule has 0 radical (unpaired) electrons. The third-order valence-corrected chi connectivity index (χ3v) is 4.47. The van der Waals surface area contributed by atoms with Crippen molar-refractivity contribution in [3.05, 3.63) is 45.9 Å². The average molecular weight is 302 g/mol. The van der Waals surface area contributed by atoms with Gasteiger partial charge in [-0.05, 0) is 30.9 Å². The van der Waals surface area contributed by atoms with Crippen LogP contribution in [0.2, 0.25) is 0 Å². The first-order valence-electron chi connectivity index (χ1n) is 7.12. The molecule has 0 saturated heterocycles. The number of hydrogen-bond donors (Lipinski definition) is 0. The second-order valence-corrected chi connectivity index (χ2v) is 6.04. The number of para-hydroxylation sites is 1. The minimum atomic E-state index is -0.0112. The molecule has 5 heteroatoms. The highest BCUT2D eigenvalue weighted by molar-refractivity contribution is 7.09. The van der Waals surface area contributed by atoms with Crippen molar-refractivity contribution in [3.8, 4) is 0 Å². The number of thiazole rings is 1. The second kappa shape index (κ2) is 6.37. The van der Waals surface area contributed by atoms with Crippen molar-refractivity contribution in [2.75, 3.05) is 18.6 Å². The van der Waals surface area contributed by atoms with Crippen LogP contribution in [0.5, 0.6) is 0 Å². The van der Waals surface area contributed by atoms with Gasteiger partial charge < -0.3 is 9.64 Å². The molecule has 1 aliphatic rings. The lowest BCUT2D eigenvalue weighted by molar-refractivity contribution is 0.0982. The van der Waals surface area contributed by atoms with Crippen LogP contribution in [-0.2, 0) is 17.8 Å². The molecule has 0 bridgehead atoms. The third-order valence-electron chi connectivity index (χ3n) is 3.64. The van der Waals surface area contributed by atoms with Crippen LogP contribution in [0.15, 0.2) is 29.6 Å². The molecule has 0 atom stereocenters. The van der Waals surface area contributed by atoms with Gasteiger partial charge in [-0.25, -0.2) is 4.98 Å². The van der Waals surface area contributed by atoms with Gasteiger partial charge in [0.1, 0.15) is 10.7 Å². The first-order chi connectivity index (χ1) is 10.3. The molecule has 0 saturated carbocycles. The molecule has 1 aromatic heterocycles. The van der Waals surface area contributed by atoms with E-state index in [1.54, 1.807) is 7.11 Å². The SMILES string of the molecule is COCc1nc(C(=O)N2CCCCc3ccccc32)cs1. The van der Waals surface area contributed by atoms with Gasteiger partial charge in [-0.15, -0.1) is 11.3 Å². The maximum Gasteiger partial charge on any atom is 0.277 e. The van der Waals surface area contributed by atoms with Crippen molar-refractivity contribution < 1.29 is 9.53 Å². The van der Waals surface area contributed by atoms with Gasteiger partial charge in [0.2, 0.25) is 0 Å². The van der Waals surface area contributed by atoms with Crippen molar-refractivity contribution in [1.29, 1.82) is 0 Å². The van der Waals surface area contributed by atoms with E-state index in [-0.39, 0.29) is 5.91 Å². The number of hydrogen-bond acceptors (Lipinski definition) is 4. The zero-order valence-corrected chi connectivity index (χ0v) is 12.9. The minimum absolute atomic E-state index is 0.0112. The van der Waals surface area contributed by atoms with E-state index in [2.05, 4.69) is 11.1 Å². The molecule has 110 valence electrons. The van der Waals surface area contributed by atoms with E-state index in [9.17, 15) is 4.79 Å². The summed E-state index contributed by atoms with van der Waals surface area (Å²) < 4.78 is 5.07. The molecule has 1 aromatic carbocycles. The maximum atomic E-state index is 12.8. The highest BCUT2D eigenvalue weighted by Crippen LogP contribution is 2.27. The summed E-state index contributed by atoms with van der Waals surface area (Å²) in [5.74, 6) is -0.0112. The molecule has 2 aromatic rings. The van der Waals surface area contributed by atoms with Gasteiger partial charge in [-0.3, -0.25) is 4.79 Å². The summed E-state index contributed by atoms with van der Waals surface area (Å²) >= 11 is 1.47. The number of carbonyl (C=O) groups excluding carboxylic acids is 1. The first-order valence-corrected chi connectivity index (χ1v) is 8.00. The van der Waals surface area contributed by atoms with E-state index in [4.69, 9.17) is 4.74 Å². The van der Waals surface area contributed by atoms with Crippen molar-refractivity contribution in [3.63, 3.8) is 0 Å². The molecule has 0 N–H and O–H groups in total. The Hall–Kier alpha value is -1.72. The second-order valence-electron chi connectivity index (χ2n) is 5.10. The van der Waals surface area contributed by atoms with E-state index in [1.165, 1.54) is 16.9 Å². The molecule has 1 amide bonds. The molecule has 2 heterocycles. The van der Waals surface area contributed by atoms with Gasteiger partial charge in [0, 0.05) is 24.7 Å². The normalized spacial score (nSPS) is 14.6. The summed E-state index contributed by atoms with van der Waals surface area (Å²) in [7, 11) is 1.63. The van der Waals surface area contributed by atoms with E-state index in [0.29, 0.717) is 12.3 Å². The van der Waals surface area contributed by atoms with Crippen LogP contribution >= 0.6 is 11.3 Å². The standard InChI is InChI=1S/C16H18N2O2S/c1-20-10-15-17-13(11-21-15)16(19)18-9-5-4-7-12-6-2-3-8-14(12)18/h2-3,6,8,11H,4-5,7,9-10H2,1H3. The number of ether oxygens (including phenoxy) is 1. The summed E-state index contributed by atoms with van der Waals surface area (Å²) in [5.41, 5.74) is 2.79. The van der Waals surface area contributed by atoms with Gasteiger partial charge in [-0.1, -0.05) is 18.2 Å². The fraction of sp³-hybridized carbons (Fsp3) is 0.375. The van der Waals surface area contributed by atoms with E-state index >= 15 is 0 Å². The number of aryl methyl sites for hydroxylation is 1. The van der Waals surface area contributed by atoms with E-state index in [0.717, 1.165) is 36.5 Å². The zero-order valence-electron chi connectivity index (χ0n) is 12.0. The molecule has 4 nitrogen and oxygen atoms in total. The Labute approximate surface area is 128 Å². The first kappa shape index (κ1) is 14.2. The Kier molecular flexibility index (Phi) is 4.31. The zero-order chi connectivity index (χ0) is 14.7. The topological polar surface area (TPSA) is 42.4 Å². The summed E-state index contributed by atoms with van der Waals surface area (Å²) in [5, 5.41) is 2.66. The Morgan fingerprint density at radius 1 is 1.38 bits per heavy atom. The number of carbonyl (C=O) groups is 1. The number of benzene rings is 1. The van der Waals surface area contributed by atoms with E-state index < -0.39 is 0 Å². The highest BCUT2D eigenvalue weighted by atomic mass is 32.1. The van der Waals surface area contributed by atoms with Crippen LogP contribution in [0.25, 0.3) is 0 Å². The summed E-state index contributed by atoms with van der Waals surface area (Å²) in [4.78, 5) is 19.0. The van der Waals surface area contributed by atoms with Crippen molar-refractivity contribution in [1.82, 2.24) is 4.98 Å². The quantitative estimate of drug-likeness (QED) is 0.874. The maximum absolute atomic E-state index is 12.8. The van der Waals surface area contributed by atoms with Crippen LogP contribution in [0, 0.1) is 0 Å². The monoisotopic (exact) mass is 302 g/mol. The third kappa shape index (κ3) is 2.99. The summed E-state index contributed by atoms with van der Waals surface area (Å²) in [6.07, 6.45) is 3.17. The molecular weight excluding hydrogens is 284 g/mol. The predicted molar refractivity (Wildman–Crippen MR) is 83.9 cm³/mol. The predicted octanol–water partition coefficient (Wildman–Crippen LogP) is 3.27. The number of rotatable bonds is 3. The minimum Gasteiger partial charge on any atom is -0.378 e. The fourth-order valence-electron chi connectivity index (χ4n) is 2.64. The lowest BCUT2D eigenvalue weighted by Crippen LogP contribution is -2.32. The fourth-order valence-corrected chi connectivity index (χ4v) is 3.38. The molecule has 0 spiro atoms. The van der Waals surface area contributed by atoms with Gasteiger partial charge in [0.05, 0.1) is 6.61 Å². The van der Waals surface area contributed by atoms with Crippen molar-refractivity contribution >= 4 is 22.9 Å². The molecule has 0 aliphatic carbocycles. The van der Waals surface area contributed by atoms with Gasteiger partial charge in [-0.2, -0.15) is 0 Å². The molecule has 1 aliphatic heterocycles. The molecule has 0 unspecified atom stereocenters. The largest absolute Gasteiger partial charge is 0.378 e. The Morgan fingerprint density at radius 3 is 3.10 bits per heavy atom. The van der Waals surface area contributed by atoms with Gasteiger partial charge >= 0.3 is 0 Å². The Morgan fingerprint density at radius 2 is 2.24 bits per heavy atom. The lowest BCUT2D eigenvalue weighted by Gasteiger charge is -2.21. The van der Waals surface area contributed by atoms with Crippen molar-refractivity contribution in [2.24, 2.45) is 0 Å². The lowest BCUT2D eigenvalue weighted by atomic mass is 10.1. The molecule has 0 fully saturated rings. The Bertz CT molecular complexity index is 639. The number of aromatic nitrogens is 1. The van der Waals surface area contributed by atoms with Crippen LogP contribution in [0.1, 0.15) is 33.9 Å². The molecular formula is C16H18N2O2S. The molecule has 21 heavy (non-hydrogen) atoms.